The SMILES string of the molecule is CCCCC(C)(OCCC)C(=O)Nc1ccc(OC(C)CC)c(C(=O)OC)c1. The van der Waals surface area contributed by atoms with Crippen LogP contribution in [0, 0.1) is 0 Å². The van der Waals surface area contributed by atoms with Crippen LogP contribution in [0.2, 0.25) is 0 Å². The lowest BCUT2D eigenvalue weighted by molar-refractivity contribution is -0.140. The summed E-state index contributed by atoms with van der Waals surface area (Å²) in [5.74, 6) is -0.290. The van der Waals surface area contributed by atoms with Gasteiger partial charge < -0.3 is 19.5 Å². The fourth-order valence-corrected chi connectivity index (χ4v) is 2.64. The predicted octanol–water partition coefficient (Wildman–Crippen LogP) is 4.96. The number of anilines is 1. The minimum absolute atomic E-state index is 0.0383. The third kappa shape index (κ3) is 6.82. The lowest BCUT2D eigenvalue weighted by atomic mass is 9.97. The van der Waals surface area contributed by atoms with Gasteiger partial charge in [0.05, 0.1) is 13.2 Å². The van der Waals surface area contributed by atoms with Crippen molar-refractivity contribution in [3.63, 3.8) is 0 Å². The number of amides is 1. The second kappa shape index (κ2) is 11.7. The van der Waals surface area contributed by atoms with E-state index in [1.807, 2.05) is 27.7 Å². The van der Waals surface area contributed by atoms with E-state index < -0.39 is 11.6 Å². The summed E-state index contributed by atoms with van der Waals surface area (Å²) in [6.07, 6.45) is 4.11. The molecule has 158 valence electrons. The van der Waals surface area contributed by atoms with Crippen LogP contribution in [0.25, 0.3) is 0 Å². The normalized spacial score (nSPS) is 14.1. The van der Waals surface area contributed by atoms with E-state index in [0.717, 1.165) is 25.7 Å². The van der Waals surface area contributed by atoms with Crippen LogP contribution < -0.4 is 10.1 Å². The van der Waals surface area contributed by atoms with Crippen molar-refractivity contribution in [1.82, 2.24) is 0 Å². The topological polar surface area (TPSA) is 73.9 Å². The van der Waals surface area contributed by atoms with E-state index in [2.05, 4.69) is 12.2 Å². The largest absolute Gasteiger partial charge is 0.490 e. The molecule has 1 aromatic carbocycles. The van der Waals surface area contributed by atoms with Crippen molar-refractivity contribution in [3.05, 3.63) is 23.8 Å². The Bertz CT molecular complexity index is 636. The van der Waals surface area contributed by atoms with E-state index in [1.165, 1.54) is 7.11 Å². The van der Waals surface area contributed by atoms with Gasteiger partial charge >= 0.3 is 5.97 Å². The van der Waals surface area contributed by atoms with Crippen molar-refractivity contribution in [3.8, 4) is 5.75 Å². The molecular formula is C22H35NO5. The van der Waals surface area contributed by atoms with Gasteiger partial charge in [-0.25, -0.2) is 4.79 Å². The van der Waals surface area contributed by atoms with Crippen LogP contribution in [0.5, 0.6) is 5.75 Å². The first kappa shape index (κ1) is 24.0. The van der Waals surface area contributed by atoms with Crippen LogP contribution >= 0.6 is 0 Å². The molecule has 0 fully saturated rings. The Kier molecular flexibility index (Phi) is 10.0. The molecule has 0 aliphatic heterocycles. The first-order valence-corrected chi connectivity index (χ1v) is 10.2. The molecule has 1 N–H and O–H groups in total. The van der Waals surface area contributed by atoms with E-state index in [0.29, 0.717) is 24.5 Å². The molecule has 1 amide bonds. The Labute approximate surface area is 168 Å². The van der Waals surface area contributed by atoms with E-state index in [9.17, 15) is 9.59 Å². The van der Waals surface area contributed by atoms with E-state index in [4.69, 9.17) is 14.2 Å². The molecule has 0 spiro atoms. The number of carbonyl (C=O) groups excluding carboxylic acids is 2. The summed E-state index contributed by atoms with van der Waals surface area (Å²) < 4.78 is 16.6. The predicted molar refractivity (Wildman–Crippen MR) is 111 cm³/mol. The summed E-state index contributed by atoms with van der Waals surface area (Å²) in [6, 6.07) is 4.99. The summed E-state index contributed by atoms with van der Waals surface area (Å²) in [5.41, 5.74) is -0.126. The van der Waals surface area contributed by atoms with Gasteiger partial charge in [0.1, 0.15) is 16.9 Å². The smallest absolute Gasteiger partial charge is 0.341 e. The monoisotopic (exact) mass is 393 g/mol. The molecule has 0 aromatic heterocycles. The Morgan fingerprint density at radius 2 is 1.89 bits per heavy atom. The van der Waals surface area contributed by atoms with Crippen LogP contribution in [0.1, 0.15) is 77.1 Å². The van der Waals surface area contributed by atoms with Gasteiger partial charge in [-0.2, -0.15) is 0 Å². The van der Waals surface area contributed by atoms with E-state index in [-0.39, 0.29) is 17.6 Å². The summed E-state index contributed by atoms with van der Waals surface area (Å²) in [6.45, 7) is 10.4. The van der Waals surface area contributed by atoms with Gasteiger partial charge in [-0.1, -0.05) is 33.6 Å². The lowest BCUT2D eigenvalue weighted by Crippen LogP contribution is -2.43. The Morgan fingerprint density at radius 3 is 2.46 bits per heavy atom. The maximum atomic E-state index is 12.9. The van der Waals surface area contributed by atoms with Crippen molar-refractivity contribution in [2.24, 2.45) is 0 Å². The van der Waals surface area contributed by atoms with Crippen molar-refractivity contribution < 1.29 is 23.8 Å². The van der Waals surface area contributed by atoms with Gasteiger partial charge in [-0.3, -0.25) is 4.79 Å². The van der Waals surface area contributed by atoms with Gasteiger partial charge in [0.2, 0.25) is 0 Å². The molecule has 1 rings (SSSR count). The summed E-state index contributed by atoms with van der Waals surface area (Å²) in [7, 11) is 1.32. The molecular weight excluding hydrogens is 358 g/mol. The average molecular weight is 394 g/mol. The molecule has 0 radical (unpaired) electrons. The van der Waals surface area contributed by atoms with Crippen LogP contribution in [0.3, 0.4) is 0 Å². The highest BCUT2D eigenvalue weighted by atomic mass is 16.5. The maximum Gasteiger partial charge on any atom is 0.341 e. The van der Waals surface area contributed by atoms with Crippen molar-refractivity contribution >= 4 is 17.6 Å². The minimum Gasteiger partial charge on any atom is -0.490 e. The Hall–Kier alpha value is -2.08. The molecule has 0 saturated heterocycles. The van der Waals surface area contributed by atoms with E-state index in [1.54, 1.807) is 18.2 Å². The number of carbonyl (C=O) groups is 2. The number of esters is 1. The van der Waals surface area contributed by atoms with Gasteiger partial charge in [0, 0.05) is 12.3 Å². The molecule has 2 atom stereocenters. The zero-order valence-electron chi connectivity index (χ0n) is 18.1. The van der Waals surface area contributed by atoms with Crippen molar-refractivity contribution in [2.45, 2.75) is 78.4 Å². The molecule has 28 heavy (non-hydrogen) atoms. The number of benzene rings is 1. The standard InChI is InChI=1S/C22H35NO5/c1-7-10-13-22(5,27-14-8-2)21(25)23-17-11-12-19(28-16(4)9-3)18(15-17)20(24)26-6/h11-12,15-16H,7-10,13-14H2,1-6H3,(H,23,25). The fraction of sp³-hybridized carbons (Fsp3) is 0.636. The summed E-state index contributed by atoms with van der Waals surface area (Å²) in [5, 5.41) is 2.89. The number of rotatable bonds is 12. The van der Waals surface area contributed by atoms with Crippen molar-refractivity contribution in [1.29, 1.82) is 0 Å². The number of nitrogens with one attached hydrogen (secondary N) is 1. The Balaban J connectivity index is 3.08. The van der Waals surface area contributed by atoms with Crippen molar-refractivity contribution in [2.75, 3.05) is 19.0 Å². The molecule has 0 heterocycles. The van der Waals surface area contributed by atoms with Gasteiger partial charge in [-0.15, -0.1) is 0 Å². The third-order valence-corrected chi connectivity index (χ3v) is 4.66. The average Bonchev–Trinajstić information content (AvgIpc) is 2.70. The number of unbranched alkanes of at least 4 members (excludes halogenated alkanes) is 1. The number of hydrogen-bond donors (Lipinski definition) is 1. The Morgan fingerprint density at radius 1 is 1.18 bits per heavy atom. The first-order valence-electron chi connectivity index (χ1n) is 10.2. The second-order valence-corrected chi connectivity index (χ2v) is 7.18. The fourth-order valence-electron chi connectivity index (χ4n) is 2.64. The maximum absolute atomic E-state index is 12.9. The number of methoxy groups -OCH3 is 1. The van der Waals surface area contributed by atoms with Gasteiger partial charge in [-0.05, 0) is 51.3 Å². The molecule has 0 aliphatic carbocycles. The molecule has 1 aromatic rings. The quantitative estimate of drug-likeness (QED) is 0.508. The second-order valence-electron chi connectivity index (χ2n) is 7.18. The number of ether oxygens (including phenoxy) is 3. The summed E-state index contributed by atoms with van der Waals surface area (Å²) in [4.78, 5) is 25.1. The highest BCUT2D eigenvalue weighted by molar-refractivity contribution is 5.99. The van der Waals surface area contributed by atoms with Crippen LogP contribution in [0.4, 0.5) is 5.69 Å². The van der Waals surface area contributed by atoms with Crippen LogP contribution in [0.15, 0.2) is 18.2 Å². The molecule has 2 unspecified atom stereocenters. The van der Waals surface area contributed by atoms with Gasteiger partial charge in [0.15, 0.2) is 0 Å². The van der Waals surface area contributed by atoms with Gasteiger partial charge in [0.25, 0.3) is 5.91 Å². The first-order chi connectivity index (χ1) is 13.3. The zero-order chi connectivity index (χ0) is 21.2. The molecule has 0 saturated carbocycles. The minimum atomic E-state index is -0.913. The highest BCUT2D eigenvalue weighted by Crippen LogP contribution is 2.27. The molecule has 6 nitrogen and oxygen atoms in total. The molecule has 0 aliphatic rings. The summed E-state index contributed by atoms with van der Waals surface area (Å²) >= 11 is 0. The third-order valence-electron chi connectivity index (χ3n) is 4.66. The lowest BCUT2D eigenvalue weighted by Gasteiger charge is -2.28. The van der Waals surface area contributed by atoms with Crippen LogP contribution in [-0.2, 0) is 14.3 Å². The molecule has 6 heteroatoms. The molecule has 0 bridgehead atoms. The van der Waals surface area contributed by atoms with E-state index >= 15 is 0 Å². The number of hydrogen-bond acceptors (Lipinski definition) is 5. The highest BCUT2D eigenvalue weighted by Gasteiger charge is 2.33. The zero-order valence-corrected chi connectivity index (χ0v) is 18.1. The van der Waals surface area contributed by atoms with Crippen LogP contribution in [-0.4, -0.2) is 37.3 Å².